The third-order valence-corrected chi connectivity index (χ3v) is 6.42. The largest absolute Gasteiger partial charge is 0.358 e. The van der Waals surface area contributed by atoms with Crippen LogP contribution in [0.5, 0.6) is 0 Å². The molecule has 1 aliphatic rings. The van der Waals surface area contributed by atoms with Gasteiger partial charge in [-0.1, -0.05) is 13.0 Å². The van der Waals surface area contributed by atoms with Crippen molar-refractivity contribution in [2.45, 2.75) is 25.8 Å². The molecule has 31 heavy (non-hydrogen) atoms. The number of benzene rings is 1. The van der Waals surface area contributed by atoms with E-state index in [1.165, 1.54) is 12.3 Å². The molecular weight excluding hydrogens is 418 g/mol. The first kappa shape index (κ1) is 19.4. The fourth-order valence-electron chi connectivity index (χ4n) is 4.03. The number of thiazole rings is 1. The number of hydrogen-bond donors (Lipinski definition) is 2. The second-order valence-electron chi connectivity index (χ2n) is 7.80. The van der Waals surface area contributed by atoms with Crippen LogP contribution in [0.4, 0.5) is 5.69 Å². The molecule has 1 aromatic carbocycles. The first-order chi connectivity index (χ1) is 15.0. The van der Waals surface area contributed by atoms with Crippen LogP contribution in [-0.2, 0) is 9.59 Å². The average Bonchev–Trinajstić information content (AvgIpc) is 3.39. The van der Waals surface area contributed by atoms with Crippen LogP contribution >= 0.6 is 11.3 Å². The number of likely N-dealkylation sites (tertiary alicyclic amines) is 1. The summed E-state index contributed by atoms with van der Waals surface area (Å²) < 4.78 is 5.99. The van der Waals surface area contributed by atoms with E-state index in [0.29, 0.717) is 12.5 Å². The van der Waals surface area contributed by atoms with Gasteiger partial charge >= 0.3 is 11.8 Å². The van der Waals surface area contributed by atoms with E-state index in [9.17, 15) is 14.4 Å². The van der Waals surface area contributed by atoms with Crippen molar-refractivity contribution in [3.05, 3.63) is 51.9 Å². The highest BCUT2D eigenvalue weighted by Gasteiger charge is 2.34. The number of aromatic amines is 1. The number of anilines is 1. The predicted octanol–water partition coefficient (Wildman–Crippen LogP) is 3.06. The first-order valence-electron chi connectivity index (χ1n) is 9.92. The number of fused-ring (bicyclic) bond motifs is 2. The van der Waals surface area contributed by atoms with Crippen LogP contribution < -0.4 is 10.9 Å². The highest BCUT2D eigenvalue weighted by atomic mass is 32.1. The van der Waals surface area contributed by atoms with Gasteiger partial charge in [-0.2, -0.15) is 5.16 Å². The van der Waals surface area contributed by atoms with Crippen molar-refractivity contribution >= 4 is 50.2 Å². The second kappa shape index (κ2) is 7.62. The van der Waals surface area contributed by atoms with Gasteiger partial charge in [0.05, 0.1) is 33.7 Å². The average molecular weight is 437 g/mol. The Bertz CT molecular complexity index is 1360. The minimum atomic E-state index is -0.769. The predicted molar refractivity (Wildman–Crippen MR) is 116 cm³/mol. The molecule has 0 bridgehead atoms. The number of carbonyl (C=O) groups is 2. The lowest BCUT2D eigenvalue weighted by Gasteiger charge is -2.38. The Morgan fingerprint density at radius 2 is 2.13 bits per heavy atom. The SMILES string of the molecule is C[C@H]1CC[C@H](c2ccc3scnc3c2)N(C(=O)C(=O)Nc2cnc3o[nH]c(=O)c3c2)C1. The molecule has 2 amide bonds. The van der Waals surface area contributed by atoms with Gasteiger partial charge in [-0.25, -0.2) is 9.97 Å². The topological polar surface area (TPSA) is 121 Å². The number of H-pyrrole nitrogens is 1. The summed E-state index contributed by atoms with van der Waals surface area (Å²) in [6.07, 6.45) is 3.08. The molecule has 0 unspecified atom stereocenters. The number of hydrogen-bond acceptors (Lipinski definition) is 7. The molecule has 2 atom stereocenters. The Hall–Kier alpha value is -3.53. The lowest BCUT2D eigenvalue weighted by molar-refractivity contribution is -0.146. The molecule has 3 aromatic heterocycles. The lowest BCUT2D eigenvalue weighted by Crippen LogP contribution is -2.46. The summed E-state index contributed by atoms with van der Waals surface area (Å²) in [5.74, 6) is -1.09. The summed E-state index contributed by atoms with van der Waals surface area (Å²) in [5.41, 5.74) is 3.60. The molecule has 0 radical (unpaired) electrons. The van der Waals surface area contributed by atoms with E-state index >= 15 is 0 Å². The number of nitrogens with one attached hydrogen (secondary N) is 2. The summed E-state index contributed by atoms with van der Waals surface area (Å²) >= 11 is 1.57. The van der Waals surface area contributed by atoms with Crippen molar-refractivity contribution in [3.8, 4) is 0 Å². The number of rotatable bonds is 2. The number of nitrogens with zero attached hydrogens (tertiary/aromatic N) is 3. The van der Waals surface area contributed by atoms with Gasteiger partial charge in [-0.3, -0.25) is 14.4 Å². The summed E-state index contributed by atoms with van der Waals surface area (Å²) in [4.78, 5) is 47.6. The van der Waals surface area contributed by atoms with Crippen LogP contribution in [0.25, 0.3) is 21.3 Å². The fraction of sp³-hybridized carbons (Fsp3) is 0.286. The quantitative estimate of drug-likeness (QED) is 0.465. The van der Waals surface area contributed by atoms with Gasteiger partial charge < -0.3 is 14.7 Å². The Balaban J connectivity index is 1.40. The molecule has 1 fully saturated rings. The lowest BCUT2D eigenvalue weighted by atomic mass is 9.89. The number of pyridine rings is 1. The summed E-state index contributed by atoms with van der Waals surface area (Å²) in [7, 11) is 0. The zero-order chi connectivity index (χ0) is 21.5. The minimum Gasteiger partial charge on any atom is -0.358 e. The van der Waals surface area contributed by atoms with E-state index in [1.807, 2.05) is 18.2 Å². The van der Waals surface area contributed by atoms with Crippen molar-refractivity contribution < 1.29 is 14.1 Å². The molecule has 158 valence electrons. The Kier molecular flexibility index (Phi) is 4.78. The summed E-state index contributed by atoms with van der Waals surface area (Å²) in [6, 6.07) is 7.24. The molecule has 0 spiro atoms. The monoisotopic (exact) mass is 437 g/mol. The Labute approximate surface area is 180 Å². The maximum Gasteiger partial charge on any atom is 0.313 e. The van der Waals surface area contributed by atoms with Crippen molar-refractivity contribution in [1.29, 1.82) is 0 Å². The smallest absolute Gasteiger partial charge is 0.313 e. The fourth-order valence-corrected chi connectivity index (χ4v) is 4.69. The van der Waals surface area contributed by atoms with Crippen LogP contribution in [0.2, 0.25) is 0 Å². The summed E-state index contributed by atoms with van der Waals surface area (Å²) in [6.45, 7) is 2.56. The maximum atomic E-state index is 13.1. The van der Waals surface area contributed by atoms with Gasteiger partial charge in [-0.15, -0.1) is 11.3 Å². The van der Waals surface area contributed by atoms with E-state index < -0.39 is 17.4 Å². The van der Waals surface area contributed by atoms with Crippen LogP contribution in [0.15, 0.2) is 45.3 Å². The van der Waals surface area contributed by atoms with E-state index in [4.69, 9.17) is 4.52 Å². The highest BCUT2D eigenvalue weighted by molar-refractivity contribution is 7.16. The molecule has 4 aromatic rings. The molecule has 0 saturated carbocycles. The molecule has 9 nitrogen and oxygen atoms in total. The third-order valence-electron chi connectivity index (χ3n) is 5.61. The van der Waals surface area contributed by atoms with Gasteiger partial charge in [0, 0.05) is 6.54 Å². The Morgan fingerprint density at radius 3 is 3.00 bits per heavy atom. The Morgan fingerprint density at radius 1 is 1.26 bits per heavy atom. The molecular formula is C21H19N5O4S. The van der Waals surface area contributed by atoms with Crippen molar-refractivity contribution in [1.82, 2.24) is 20.0 Å². The van der Waals surface area contributed by atoms with E-state index in [2.05, 4.69) is 27.4 Å². The van der Waals surface area contributed by atoms with Gasteiger partial charge in [-0.05, 0) is 42.5 Å². The van der Waals surface area contributed by atoms with Gasteiger partial charge in [0.25, 0.3) is 11.3 Å². The maximum absolute atomic E-state index is 13.1. The van der Waals surface area contributed by atoms with E-state index in [1.54, 1.807) is 21.7 Å². The van der Waals surface area contributed by atoms with Crippen LogP contribution in [0.1, 0.15) is 31.4 Å². The molecule has 4 heterocycles. The van der Waals surface area contributed by atoms with Crippen LogP contribution in [0, 0.1) is 5.92 Å². The number of amides is 2. The third kappa shape index (κ3) is 3.59. The van der Waals surface area contributed by atoms with Gasteiger partial charge in [0.1, 0.15) is 5.39 Å². The highest BCUT2D eigenvalue weighted by Crippen LogP contribution is 2.35. The van der Waals surface area contributed by atoms with Crippen molar-refractivity contribution in [3.63, 3.8) is 0 Å². The first-order valence-corrected chi connectivity index (χ1v) is 10.8. The minimum absolute atomic E-state index is 0.136. The normalized spacial score (nSPS) is 19.1. The second-order valence-corrected chi connectivity index (χ2v) is 8.69. The van der Waals surface area contributed by atoms with E-state index in [-0.39, 0.29) is 22.8 Å². The zero-order valence-electron chi connectivity index (χ0n) is 16.6. The molecule has 1 aliphatic heterocycles. The molecule has 5 rings (SSSR count). The number of aromatic nitrogens is 3. The van der Waals surface area contributed by atoms with Gasteiger partial charge in [0.15, 0.2) is 0 Å². The summed E-state index contributed by atoms with van der Waals surface area (Å²) in [5, 5.41) is 4.95. The number of carbonyl (C=O) groups excluding carboxylic acids is 2. The van der Waals surface area contributed by atoms with E-state index in [0.717, 1.165) is 28.6 Å². The standard InChI is InChI=1S/C21H19N5O4S/c1-11-2-4-16(12-3-5-17-15(6-12)23-10-31-17)26(9-11)21(29)19(28)24-13-7-14-18(27)25-30-20(14)22-8-13/h3,5-8,10-11,16H,2,4,9H2,1H3,(H,24,28)(H,25,27)/t11-,16+/m0/s1. The van der Waals surface area contributed by atoms with Crippen molar-refractivity contribution in [2.24, 2.45) is 5.92 Å². The van der Waals surface area contributed by atoms with Crippen LogP contribution in [0.3, 0.4) is 0 Å². The van der Waals surface area contributed by atoms with Crippen molar-refractivity contribution in [2.75, 3.05) is 11.9 Å². The molecule has 0 aliphatic carbocycles. The van der Waals surface area contributed by atoms with Gasteiger partial charge in [0.2, 0.25) is 0 Å². The van der Waals surface area contributed by atoms with Crippen LogP contribution in [-0.4, -0.2) is 38.4 Å². The molecule has 1 saturated heterocycles. The molecule has 2 N–H and O–H groups in total. The zero-order valence-corrected chi connectivity index (χ0v) is 17.4. The number of piperidine rings is 1. The molecule has 10 heteroatoms.